The Morgan fingerprint density at radius 1 is 1.16 bits per heavy atom. The molecule has 0 aliphatic rings. The number of rotatable bonds is 4. The molecule has 0 saturated carbocycles. The number of carboxylic acid groups (broad SMARTS) is 1. The predicted molar refractivity (Wildman–Crippen MR) is 82.4 cm³/mol. The van der Waals surface area contributed by atoms with E-state index in [-0.39, 0.29) is 30.5 Å². The van der Waals surface area contributed by atoms with Gasteiger partial charge in [-0.25, -0.2) is 13.8 Å². The van der Waals surface area contributed by atoms with Gasteiger partial charge in [-0.05, 0) is 55.0 Å². The largest absolute Gasteiger partial charge is 1.00 e. The first-order chi connectivity index (χ1) is 11.4. The van der Waals surface area contributed by atoms with Crippen LogP contribution in [-0.4, -0.2) is 15.5 Å². The number of nitrogens with zero attached hydrogens (tertiary/aromatic N) is 2. The number of halogens is 2. The molecule has 0 spiro atoms. The Balaban J connectivity index is 0.00000225. The van der Waals surface area contributed by atoms with E-state index in [2.05, 4.69) is 4.98 Å². The van der Waals surface area contributed by atoms with Crippen LogP contribution in [0.25, 0.3) is 16.9 Å². The number of carboxylic acids is 1. The van der Waals surface area contributed by atoms with Gasteiger partial charge in [-0.2, -0.15) is 0 Å². The number of aromatic nitrogens is 2. The normalized spacial score (nSPS) is 10.4. The fraction of sp³-hybridized carbons (Fsp3) is 0.111. The third-order valence-corrected chi connectivity index (χ3v) is 3.64. The van der Waals surface area contributed by atoms with E-state index >= 15 is 0 Å². The van der Waals surface area contributed by atoms with E-state index in [1.807, 2.05) is 0 Å². The van der Waals surface area contributed by atoms with Crippen LogP contribution in [0.4, 0.5) is 8.78 Å². The SMILES string of the molecule is Cc1cc(-c2cn(-c3ccc(F)cc3)c(CC(=O)[O-])n2)ccc1F.[Li+]. The van der Waals surface area contributed by atoms with Crippen molar-refractivity contribution in [3.05, 3.63) is 71.7 Å². The van der Waals surface area contributed by atoms with Gasteiger partial charge in [-0.1, -0.05) is 0 Å². The Kier molecular flexibility index (Phi) is 5.78. The summed E-state index contributed by atoms with van der Waals surface area (Å²) in [5.41, 5.74) is 2.20. The zero-order valence-corrected chi connectivity index (χ0v) is 13.8. The van der Waals surface area contributed by atoms with Crippen LogP contribution in [0.1, 0.15) is 11.4 Å². The van der Waals surface area contributed by atoms with Gasteiger partial charge >= 0.3 is 18.9 Å². The molecule has 4 nitrogen and oxygen atoms in total. The van der Waals surface area contributed by atoms with Crippen molar-refractivity contribution in [2.45, 2.75) is 13.3 Å². The van der Waals surface area contributed by atoms with Crippen LogP contribution in [0.3, 0.4) is 0 Å². The average molecular weight is 334 g/mol. The van der Waals surface area contributed by atoms with Gasteiger partial charge in [-0.3, -0.25) is 0 Å². The molecule has 3 aromatic rings. The number of aryl methyl sites for hydroxylation is 1. The minimum atomic E-state index is -1.27. The first kappa shape index (κ1) is 18.9. The molecule has 0 atom stereocenters. The molecule has 0 fully saturated rings. The van der Waals surface area contributed by atoms with Gasteiger partial charge in [0.1, 0.15) is 17.5 Å². The zero-order valence-electron chi connectivity index (χ0n) is 13.8. The maximum atomic E-state index is 13.4. The quantitative estimate of drug-likeness (QED) is 0.600. The number of hydrogen-bond donors (Lipinski definition) is 0. The van der Waals surface area contributed by atoms with Gasteiger partial charge in [0.15, 0.2) is 0 Å². The summed E-state index contributed by atoms with van der Waals surface area (Å²) in [4.78, 5) is 15.3. The molecule has 0 N–H and O–H groups in total. The molecule has 3 rings (SSSR count). The zero-order chi connectivity index (χ0) is 17.3. The van der Waals surface area contributed by atoms with Crippen LogP contribution in [0.5, 0.6) is 0 Å². The van der Waals surface area contributed by atoms with E-state index in [9.17, 15) is 18.7 Å². The molecular weight excluding hydrogens is 321 g/mol. The minimum absolute atomic E-state index is 0. The van der Waals surface area contributed by atoms with E-state index < -0.39 is 18.2 Å². The van der Waals surface area contributed by atoms with E-state index in [0.29, 0.717) is 22.5 Å². The average Bonchev–Trinajstić information content (AvgIpc) is 2.94. The molecule has 0 unspecified atom stereocenters. The van der Waals surface area contributed by atoms with Crippen LogP contribution < -0.4 is 24.0 Å². The fourth-order valence-corrected chi connectivity index (χ4v) is 2.44. The Morgan fingerprint density at radius 3 is 2.44 bits per heavy atom. The van der Waals surface area contributed by atoms with Crippen LogP contribution in [0.15, 0.2) is 48.7 Å². The van der Waals surface area contributed by atoms with Gasteiger partial charge in [0.05, 0.1) is 5.69 Å². The second-order valence-electron chi connectivity index (χ2n) is 5.40. The molecule has 1 aromatic heterocycles. The van der Waals surface area contributed by atoms with E-state index in [1.165, 1.54) is 30.3 Å². The van der Waals surface area contributed by atoms with Gasteiger partial charge < -0.3 is 14.5 Å². The Bertz CT molecular complexity index is 908. The summed E-state index contributed by atoms with van der Waals surface area (Å²) < 4.78 is 28.1. The number of carbonyl (C=O) groups is 1. The van der Waals surface area contributed by atoms with Crippen LogP contribution >= 0.6 is 0 Å². The van der Waals surface area contributed by atoms with Crippen molar-refractivity contribution < 1.29 is 37.5 Å². The minimum Gasteiger partial charge on any atom is -0.550 e. The summed E-state index contributed by atoms with van der Waals surface area (Å²) in [6.07, 6.45) is 1.25. The number of benzene rings is 2. The van der Waals surface area contributed by atoms with Crippen molar-refractivity contribution in [2.24, 2.45) is 0 Å². The van der Waals surface area contributed by atoms with Crippen molar-refractivity contribution in [1.82, 2.24) is 9.55 Å². The van der Waals surface area contributed by atoms with Crippen molar-refractivity contribution in [2.75, 3.05) is 0 Å². The molecule has 25 heavy (non-hydrogen) atoms. The maximum absolute atomic E-state index is 13.4. The van der Waals surface area contributed by atoms with Gasteiger partial charge in [0, 0.05) is 29.8 Å². The van der Waals surface area contributed by atoms with Crippen LogP contribution in [-0.2, 0) is 11.2 Å². The van der Waals surface area contributed by atoms with Crippen molar-refractivity contribution in [3.63, 3.8) is 0 Å². The van der Waals surface area contributed by atoms with Crippen molar-refractivity contribution in [3.8, 4) is 16.9 Å². The Labute approximate surface area is 155 Å². The number of carbonyl (C=O) groups excluding carboxylic acids is 1. The Hall–Kier alpha value is -2.42. The molecule has 0 aliphatic heterocycles. The Morgan fingerprint density at radius 2 is 1.84 bits per heavy atom. The van der Waals surface area contributed by atoms with Crippen LogP contribution in [0.2, 0.25) is 0 Å². The van der Waals surface area contributed by atoms with E-state index in [4.69, 9.17) is 0 Å². The van der Waals surface area contributed by atoms with Gasteiger partial charge in [-0.15, -0.1) is 0 Å². The fourth-order valence-electron chi connectivity index (χ4n) is 2.44. The molecular formula is C18H13F2LiN2O2. The summed E-state index contributed by atoms with van der Waals surface area (Å²) in [6, 6.07) is 10.1. The molecule has 122 valence electrons. The summed E-state index contributed by atoms with van der Waals surface area (Å²) in [5, 5.41) is 11.0. The smallest absolute Gasteiger partial charge is 0.550 e. The predicted octanol–water partition coefficient (Wildman–Crippen LogP) is -0.578. The summed E-state index contributed by atoms with van der Waals surface area (Å²) >= 11 is 0. The second-order valence-corrected chi connectivity index (χ2v) is 5.40. The number of aliphatic carboxylic acids is 1. The standard InChI is InChI=1S/C18H14F2N2O2.Li/c1-11-8-12(2-7-15(11)20)16-10-22(17(21-16)9-18(23)24)14-5-3-13(19)4-6-14;/h2-8,10H,9H2,1H3,(H,23,24);/q;+1/p-1. The summed E-state index contributed by atoms with van der Waals surface area (Å²) in [7, 11) is 0. The molecule has 0 bridgehead atoms. The van der Waals surface area contributed by atoms with E-state index in [1.54, 1.807) is 29.8 Å². The van der Waals surface area contributed by atoms with Gasteiger partial charge in [0.25, 0.3) is 0 Å². The first-order valence-electron chi connectivity index (χ1n) is 7.24. The second kappa shape index (κ2) is 7.64. The topological polar surface area (TPSA) is 58.0 Å². The molecule has 7 heteroatoms. The maximum Gasteiger partial charge on any atom is 1.00 e. The van der Waals surface area contributed by atoms with Gasteiger partial charge in [0.2, 0.25) is 0 Å². The summed E-state index contributed by atoms with van der Waals surface area (Å²) in [5.74, 6) is -1.74. The number of hydrogen-bond acceptors (Lipinski definition) is 3. The molecule has 0 radical (unpaired) electrons. The summed E-state index contributed by atoms with van der Waals surface area (Å²) in [6.45, 7) is 1.64. The van der Waals surface area contributed by atoms with Crippen LogP contribution in [0, 0.1) is 18.6 Å². The molecule has 1 heterocycles. The molecule has 2 aromatic carbocycles. The van der Waals surface area contributed by atoms with E-state index in [0.717, 1.165) is 0 Å². The van der Waals surface area contributed by atoms with Crippen molar-refractivity contribution >= 4 is 5.97 Å². The third kappa shape index (κ3) is 4.16. The third-order valence-electron chi connectivity index (χ3n) is 3.64. The number of imidazole rings is 1. The first-order valence-corrected chi connectivity index (χ1v) is 7.24. The molecule has 0 aliphatic carbocycles. The molecule has 0 saturated heterocycles. The van der Waals surface area contributed by atoms with Crippen molar-refractivity contribution in [1.29, 1.82) is 0 Å². The molecule has 0 amide bonds. The monoisotopic (exact) mass is 334 g/mol.